The minimum absolute atomic E-state index is 0.119. The van der Waals surface area contributed by atoms with Crippen molar-refractivity contribution in [1.82, 2.24) is 0 Å². The molecule has 1 aromatic rings. The van der Waals surface area contributed by atoms with Crippen molar-refractivity contribution >= 4 is 5.69 Å². The Morgan fingerprint density at radius 2 is 1.94 bits per heavy atom. The second-order valence-corrected chi connectivity index (χ2v) is 3.80. The van der Waals surface area contributed by atoms with Gasteiger partial charge < -0.3 is 15.1 Å². The monoisotopic (exact) mass is 245 g/mol. The number of benzene rings is 1. The van der Waals surface area contributed by atoms with E-state index in [-0.39, 0.29) is 13.2 Å². The molecule has 0 aromatic heterocycles. The van der Waals surface area contributed by atoms with E-state index < -0.39 is 19.1 Å². The zero-order chi connectivity index (χ0) is 12.8. The Morgan fingerprint density at radius 1 is 1.29 bits per heavy atom. The lowest BCUT2D eigenvalue weighted by molar-refractivity contribution is 0.152. The first kappa shape index (κ1) is 13.9. The number of hydrogen-bond acceptors (Lipinski definition) is 3. The maximum atomic E-state index is 12.4. The van der Waals surface area contributed by atoms with Gasteiger partial charge in [-0.3, -0.25) is 0 Å². The molecule has 1 rings (SSSR count). The number of alkyl halides is 2. The average Bonchev–Trinajstić information content (AvgIpc) is 2.28. The molecule has 0 amide bonds. The van der Waals surface area contributed by atoms with Gasteiger partial charge in [0.25, 0.3) is 6.43 Å². The predicted octanol–water partition coefficient (Wildman–Crippen LogP) is 1.80. The molecule has 0 unspecified atom stereocenters. The van der Waals surface area contributed by atoms with Gasteiger partial charge in [0.05, 0.1) is 19.3 Å². The van der Waals surface area contributed by atoms with E-state index in [1.54, 1.807) is 31.2 Å². The second-order valence-electron chi connectivity index (χ2n) is 3.80. The molecule has 0 bridgehead atoms. The van der Waals surface area contributed by atoms with E-state index in [9.17, 15) is 13.9 Å². The van der Waals surface area contributed by atoms with Crippen LogP contribution in [0.2, 0.25) is 0 Å². The summed E-state index contributed by atoms with van der Waals surface area (Å²) in [5.74, 6) is 0. The van der Waals surface area contributed by atoms with Gasteiger partial charge >= 0.3 is 0 Å². The maximum absolute atomic E-state index is 12.4. The van der Waals surface area contributed by atoms with Gasteiger partial charge in [-0.05, 0) is 13.0 Å². The van der Waals surface area contributed by atoms with E-state index in [4.69, 9.17) is 5.11 Å². The van der Waals surface area contributed by atoms with E-state index in [1.807, 2.05) is 0 Å². The maximum Gasteiger partial charge on any atom is 0.255 e. The molecule has 5 heteroatoms. The summed E-state index contributed by atoms with van der Waals surface area (Å²) in [6.07, 6.45) is -3.21. The summed E-state index contributed by atoms with van der Waals surface area (Å²) in [4.78, 5) is 1.38. The molecule has 0 aliphatic rings. The lowest BCUT2D eigenvalue weighted by Gasteiger charge is -2.26. The fourth-order valence-electron chi connectivity index (χ4n) is 1.73. The summed E-state index contributed by atoms with van der Waals surface area (Å²) >= 11 is 0. The van der Waals surface area contributed by atoms with Gasteiger partial charge in [-0.2, -0.15) is 0 Å². The van der Waals surface area contributed by atoms with Gasteiger partial charge in [0.15, 0.2) is 0 Å². The van der Waals surface area contributed by atoms with Crippen LogP contribution in [0.1, 0.15) is 18.6 Å². The SMILES string of the molecule is C[C@@H](O)c1ccccc1N(CCO)CC(F)F. The van der Waals surface area contributed by atoms with Crippen molar-refractivity contribution in [3.8, 4) is 0 Å². The number of rotatable bonds is 6. The molecule has 1 atom stereocenters. The van der Waals surface area contributed by atoms with Crippen LogP contribution in [0.4, 0.5) is 14.5 Å². The molecule has 96 valence electrons. The molecule has 17 heavy (non-hydrogen) atoms. The van der Waals surface area contributed by atoms with Crippen LogP contribution < -0.4 is 4.90 Å². The summed E-state index contributed by atoms with van der Waals surface area (Å²) in [5, 5.41) is 18.5. The number of aliphatic hydroxyl groups is 2. The predicted molar refractivity (Wildman–Crippen MR) is 62.4 cm³/mol. The topological polar surface area (TPSA) is 43.7 Å². The van der Waals surface area contributed by atoms with E-state index >= 15 is 0 Å². The lowest BCUT2D eigenvalue weighted by atomic mass is 10.1. The highest BCUT2D eigenvalue weighted by Crippen LogP contribution is 2.26. The summed E-state index contributed by atoms with van der Waals surface area (Å²) < 4.78 is 24.9. The van der Waals surface area contributed by atoms with Crippen LogP contribution in [0.25, 0.3) is 0 Å². The van der Waals surface area contributed by atoms with Gasteiger partial charge in [0, 0.05) is 17.8 Å². The van der Waals surface area contributed by atoms with E-state index in [0.29, 0.717) is 11.3 Å². The van der Waals surface area contributed by atoms with Crippen molar-refractivity contribution in [1.29, 1.82) is 0 Å². The highest BCUT2D eigenvalue weighted by Gasteiger charge is 2.17. The van der Waals surface area contributed by atoms with E-state index in [1.165, 1.54) is 4.90 Å². The minimum Gasteiger partial charge on any atom is -0.395 e. The lowest BCUT2D eigenvalue weighted by Crippen LogP contribution is -2.32. The summed E-state index contributed by atoms with van der Waals surface area (Å²) in [7, 11) is 0. The Balaban J connectivity index is 2.99. The fourth-order valence-corrected chi connectivity index (χ4v) is 1.73. The van der Waals surface area contributed by atoms with Crippen LogP contribution in [-0.2, 0) is 0 Å². The summed E-state index contributed by atoms with van der Waals surface area (Å²) in [6.45, 7) is 1.04. The largest absolute Gasteiger partial charge is 0.395 e. The van der Waals surface area contributed by atoms with Gasteiger partial charge in [-0.15, -0.1) is 0 Å². The standard InChI is InChI=1S/C12H17F2NO2/c1-9(17)10-4-2-3-5-11(10)15(6-7-16)8-12(13)14/h2-5,9,12,16-17H,6-8H2,1H3/t9-/m1/s1. The molecule has 0 spiro atoms. The first-order valence-electron chi connectivity index (χ1n) is 5.47. The van der Waals surface area contributed by atoms with Gasteiger partial charge in [0.2, 0.25) is 0 Å². The van der Waals surface area contributed by atoms with Crippen molar-refractivity contribution in [2.24, 2.45) is 0 Å². The third-order valence-electron chi connectivity index (χ3n) is 2.46. The van der Waals surface area contributed by atoms with Crippen molar-refractivity contribution in [2.75, 3.05) is 24.6 Å². The van der Waals surface area contributed by atoms with Crippen molar-refractivity contribution in [2.45, 2.75) is 19.5 Å². The molecule has 1 aromatic carbocycles. The second kappa shape index (κ2) is 6.51. The van der Waals surface area contributed by atoms with Crippen LogP contribution in [0.15, 0.2) is 24.3 Å². The third-order valence-corrected chi connectivity index (χ3v) is 2.46. The highest BCUT2D eigenvalue weighted by molar-refractivity contribution is 5.54. The van der Waals surface area contributed by atoms with Gasteiger partial charge in [-0.1, -0.05) is 18.2 Å². The van der Waals surface area contributed by atoms with Crippen LogP contribution in [-0.4, -0.2) is 36.3 Å². The number of para-hydroxylation sites is 1. The molecule has 0 aliphatic heterocycles. The van der Waals surface area contributed by atoms with E-state index in [0.717, 1.165) is 0 Å². The minimum atomic E-state index is -2.48. The molecular weight excluding hydrogens is 228 g/mol. The van der Waals surface area contributed by atoms with Gasteiger partial charge in [-0.25, -0.2) is 8.78 Å². The van der Waals surface area contributed by atoms with Crippen LogP contribution in [0, 0.1) is 0 Å². The van der Waals surface area contributed by atoms with Crippen LogP contribution in [0.3, 0.4) is 0 Å². The number of halogens is 2. The number of nitrogens with zero attached hydrogens (tertiary/aromatic N) is 1. The smallest absolute Gasteiger partial charge is 0.255 e. The van der Waals surface area contributed by atoms with Crippen LogP contribution in [0.5, 0.6) is 0 Å². The van der Waals surface area contributed by atoms with Crippen LogP contribution >= 0.6 is 0 Å². The quantitative estimate of drug-likeness (QED) is 0.803. The molecular formula is C12H17F2NO2. The molecule has 0 saturated heterocycles. The normalized spacial score (nSPS) is 12.8. The van der Waals surface area contributed by atoms with E-state index in [2.05, 4.69) is 0 Å². The zero-order valence-corrected chi connectivity index (χ0v) is 9.68. The molecule has 2 N–H and O–H groups in total. The molecule has 0 saturated carbocycles. The Hall–Kier alpha value is -1.20. The van der Waals surface area contributed by atoms with Gasteiger partial charge in [0.1, 0.15) is 0 Å². The number of anilines is 1. The molecule has 3 nitrogen and oxygen atoms in total. The Labute approximate surface area is 99.3 Å². The van der Waals surface area contributed by atoms with Crippen molar-refractivity contribution in [3.63, 3.8) is 0 Å². The third kappa shape index (κ3) is 3.94. The molecule has 0 fully saturated rings. The first-order chi connectivity index (χ1) is 8.06. The summed E-state index contributed by atoms with van der Waals surface area (Å²) in [5.41, 5.74) is 1.12. The number of aliphatic hydroxyl groups excluding tert-OH is 2. The Bertz CT molecular complexity index is 345. The Kier molecular flexibility index (Phi) is 5.31. The van der Waals surface area contributed by atoms with Crippen molar-refractivity contribution < 1.29 is 19.0 Å². The molecule has 0 aliphatic carbocycles. The number of hydrogen-bond donors (Lipinski definition) is 2. The van der Waals surface area contributed by atoms with Crippen molar-refractivity contribution in [3.05, 3.63) is 29.8 Å². The fraction of sp³-hybridized carbons (Fsp3) is 0.500. The molecule has 0 radical (unpaired) electrons. The molecule has 0 heterocycles. The Morgan fingerprint density at radius 3 is 2.47 bits per heavy atom. The average molecular weight is 245 g/mol. The summed E-state index contributed by atoms with van der Waals surface area (Å²) in [6, 6.07) is 6.82. The highest BCUT2D eigenvalue weighted by atomic mass is 19.3. The zero-order valence-electron chi connectivity index (χ0n) is 9.68. The first-order valence-corrected chi connectivity index (χ1v) is 5.47.